The summed E-state index contributed by atoms with van der Waals surface area (Å²) in [7, 11) is -0.452. The molecule has 4 aromatic carbocycles. The lowest BCUT2D eigenvalue weighted by atomic mass is 10.2. The normalized spacial score (nSPS) is 10.9. The van der Waals surface area contributed by atoms with Crippen LogP contribution in [0.1, 0.15) is 5.56 Å². The molecule has 0 aromatic heterocycles. The fourth-order valence-electron chi connectivity index (χ4n) is 3.88. The van der Waals surface area contributed by atoms with Crippen molar-refractivity contribution < 1.29 is 21.7 Å². The molecule has 0 fully saturated rings. The predicted molar refractivity (Wildman–Crippen MR) is 132 cm³/mol. The third-order valence-electron chi connectivity index (χ3n) is 5.36. The van der Waals surface area contributed by atoms with E-state index in [-0.39, 0.29) is 17.0 Å². The van der Waals surface area contributed by atoms with Gasteiger partial charge in [0.2, 0.25) is 0 Å². The minimum atomic E-state index is -2.08. The van der Waals surface area contributed by atoms with E-state index in [1.165, 1.54) is 15.9 Å². The summed E-state index contributed by atoms with van der Waals surface area (Å²) < 4.78 is 5.49. The Morgan fingerprint density at radius 1 is 0.645 bits per heavy atom. The van der Waals surface area contributed by atoms with Crippen molar-refractivity contribution >= 4 is 46.4 Å². The van der Waals surface area contributed by atoms with Gasteiger partial charge in [-0.25, -0.2) is 0 Å². The fourth-order valence-corrected chi connectivity index (χ4v) is 8.94. The van der Waals surface area contributed by atoms with Crippen LogP contribution >= 0.6 is 30.5 Å². The van der Waals surface area contributed by atoms with E-state index in [0.717, 1.165) is 5.56 Å². The smallest absolute Gasteiger partial charge is 0.137 e. The highest BCUT2D eigenvalue weighted by Gasteiger charge is 2.46. The van der Waals surface area contributed by atoms with Gasteiger partial charge in [0.05, 0.1) is 12.1 Å². The van der Waals surface area contributed by atoms with E-state index < -0.39 is 7.26 Å². The Bertz CT molecular complexity index is 1030. The summed E-state index contributed by atoms with van der Waals surface area (Å²) in [4.78, 5) is 0. The third kappa shape index (κ3) is 4.69. The molecule has 4 rings (SSSR count). The fraction of sp³-hybridized carbons (Fsp3) is 0.0769. The van der Waals surface area contributed by atoms with Gasteiger partial charge in [-0.3, -0.25) is 0 Å². The standard InChI is InChI=1S/C26H22Cl2OP.BrH/c1-29-25-18-17-24(27)23(26(25)28)19-30(20-11-5-2-6-12-20,21-13-7-3-8-14-21)22-15-9-4-10-16-22;/h2-18H,19H2,1H3;1H/q+1;/p-1. The number of ether oxygens (including phenoxy) is 1. The Morgan fingerprint density at radius 3 is 1.45 bits per heavy atom. The van der Waals surface area contributed by atoms with Gasteiger partial charge in [0.15, 0.2) is 0 Å². The summed E-state index contributed by atoms with van der Waals surface area (Å²) in [6, 6.07) is 35.8. The highest BCUT2D eigenvalue weighted by Crippen LogP contribution is 2.59. The summed E-state index contributed by atoms with van der Waals surface area (Å²) in [5.41, 5.74) is 0.919. The number of benzene rings is 4. The van der Waals surface area contributed by atoms with E-state index in [2.05, 4.69) is 91.0 Å². The molecule has 4 aromatic rings. The van der Waals surface area contributed by atoms with Gasteiger partial charge in [-0.2, -0.15) is 0 Å². The first-order chi connectivity index (χ1) is 14.7. The van der Waals surface area contributed by atoms with Crippen LogP contribution in [0.4, 0.5) is 0 Å². The second-order valence-corrected chi connectivity index (χ2v) is 11.3. The number of methoxy groups -OCH3 is 1. The molecule has 1 nitrogen and oxygen atoms in total. The molecule has 0 aliphatic carbocycles. The molecule has 0 bridgehead atoms. The van der Waals surface area contributed by atoms with Gasteiger partial charge >= 0.3 is 0 Å². The average molecular weight is 532 g/mol. The van der Waals surface area contributed by atoms with Crippen LogP contribution in [-0.4, -0.2) is 7.11 Å². The zero-order valence-electron chi connectivity index (χ0n) is 17.0. The van der Waals surface area contributed by atoms with Crippen LogP contribution in [0.5, 0.6) is 5.75 Å². The highest BCUT2D eigenvalue weighted by molar-refractivity contribution is 7.95. The molecule has 0 spiro atoms. The van der Waals surface area contributed by atoms with Crippen LogP contribution in [0.2, 0.25) is 10.0 Å². The van der Waals surface area contributed by atoms with Crippen molar-refractivity contribution in [2.75, 3.05) is 7.11 Å². The maximum Gasteiger partial charge on any atom is 0.137 e. The van der Waals surface area contributed by atoms with E-state index in [1.807, 2.05) is 12.1 Å². The van der Waals surface area contributed by atoms with E-state index in [4.69, 9.17) is 27.9 Å². The van der Waals surface area contributed by atoms with Crippen molar-refractivity contribution in [1.29, 1.82) is 0 Å². The molecular weight excluding hydrogens is 510 g/mol. The minimum Gasteiger partial charge on any atom is -1.00 e. The molecular formula is C26H22BrCl2OP. The van der Waals surface area contributed by atoms with Gasteiger partial charge in [0.25, 0.3) is 0 Å². The maximum atomic E-state index is 6.79. The molecule has 31 heavy (non-hydrogen) atoms. The topological polar surface area (TPSA) is 9.23 Å². The van der Waals surface area contributed by atoms with Gasteiger partial charge in [-0.15, -0.1) is 0 Å². The van der Waals surface area contributed by atoms with Crippen LogP contribution in [0.15, 0.2) is 103 Å². The average Bonchev–Trinajstić information content (AvgIpc) is 2.81. The molecule has 0 radical (unpaired) electrons. The van der Waals surface area contributed by atoms with Crippen LogP contribution in [0.25, 0.3) is 0 Å². The second kappa shape index (κ2) is 10.7. The monoisotopic (exact) mass is 530 g/mol. The third-order valence-corrected chi connectivity index (χ3v) is 10.5. The number of hydrogen-bond donors (Lipinski definition) is 0. The van der Waals surface area contributed by atoms with Crippen molar-refractivity contribution in [2.45, 2.75) is 6.16 Å². The second-order valence-electron chi connectivity index (χ2n) is 7.02. The first-order valence-corrected chi connectivity index (χ1v) is 12.5. The molecule has 5 heteroatoms. The van der Waals surface area contributed by atoms with E-state index in [9.17, 15) is 0 Å². The van der Waals surface area contributed by atoms with Gasteiger partial charge in [-0.05, 0) is 48.5 Å². The van der Waals surface area contributed by atoms with Crippen molar-refractivity contribution in [3.05, 3.63) is 119 Å². The Hall–Kier alpha value is -1.83. The molecule has 0 heterocycles. The lowest BCUT2D eigenvalue weighted by molar-refractivity contribution is -0.00000596. The van der Waals surface area contributed by atoms with Gasteiger partial charge in [0, 0.05) is 10.6 Å². The Labute approximate surface area is 205 Å². The van der Waals surface area contributed by atoms with Crippen LogP contribution in [0, 0.1) is 0 Å². The molecule has 0 saturated carbocycles. The number of hydrogen-bond acceptors (Lipinski definition) is 1. The lowest BCUT2D eigenvalue weighted by Gasteiger charge is -2.28. The highest BCUT2D eigenvalue weighted by atomic mass is 79.9. The first kappa shape index (κ1) is 23.8. The molecule has 0 aliphatic rings. The SMILES string of the molecule is COc1ccc(Cl)c(C[P+](c2ccccc2)(c2ccccc2)c2ccccc2)c1Cl.[Br-]. The van der Waals surface area contributed by atoms with Crippen molar-refractivity contribution in [2.24, 2.45) is 0 Å². The van der Waals surface area contributed by atoms with E-state index in [0.29, 0.717) is 22.0 Å². The molecule has 0 saturated heterocycles. The van der Waals surface area contributed by atoms with Crippen LogP contribution in [0.3, 0.4) is 0 Å². The Kier molecular flexibility index (Phi) is 8.19. The lowest BCUT2D eigenvalue weighted by Crippen LogP contribution is -3.00. The van der Waals surface area contributed by atoms with Gasteiger partial charge in [-0.1, -0.05) is 77.8 Å². The predicted octanol–water partition coefficient (Wildman–Crippen LogP) is 3.50. The summed E-state index contributed by atoms with van der Waals surface area (Å²) in [5, 5.41) is 5.11. The molecule has 0 unspecified atom stereocenters. The van der Waals surface area contributed by atoms with Crippen molar-refractivity contribution in [3.63, 3.8) is 0 Å². The zero-order valence-corrected chi connectivity index (χ0v) is 21.0. The van der Waals surface area contributed by atoms with E-state index >= 15 is 0 Å². The summed E-state index contributed by atoms with van der Waals surface area (Å²) >= 11 is 13.5. The number of rotatable bonds is 6. The van der Waals surface area contributed by atoms with Gasteiger partial charge in [0.1, 0.15) is 35.1 Å². The summed E-state index contributed by atoms with van der Waals surface area (Å²) in [5.74, 6) is 0.642. The molecule has 0 atom stereocenters. The van der Waals surface area contributed by atoms with Gasteiger partial charge < -0.3 is 21.7 Å². The molecule has 0 aliphatic heterocycles. The largest absolute Gasteiger partial charge is 1.00 e. The van der Waals surface area contributed by atoms with Crippen molar-refractivity contribution in [3.8, 4) is 5.75 Å². The molecule has 0 amide bonds. The zero-order chi connectivity index (χ0) is 21.0. The quantitative estimate of drug-likeness (QED) is 0.346. The van der Waals surface area contributed by atoms with E-state index in [1.54, 1.807) is 7.11 Å². The first-order valence-electron chi connectivity index (χ1n) is 9.72. The van der Waals surface area contributed by atoms with Crippen LogP contribution < -0.4 is 37.6 Å². The maximum absolute atomic E-state index is 6.79. The summed E-state index contributed by atoms with van der Waals surface area (Å²) in [6.07, 6.45) is 0.708. The number of halogens is 3. The summed E-state index contributed by atoms with van der Waals surface area (Å²) in [6.45, 7) is 0. The Balaban J connectivity index is 0.00000272. The van der Waals surface area contributed by atoms with Crippen LogP contribution in [-0.2, 0) is 6.16 Å². The Morgan fingerprint density at radius 2 is 1.06 bits per heavy atom. The molecule has 0 N–H and O–H groups in total. The minimum absolute atomic E-state index is 0. The van der Waals surface area contributed by atoms with Crippen molar-refractivity contribution in [1.82, 2.24) is 0 Å². The molecule has 158 valence electrons.